The second-order valence-electron chi connectivity index (χ2n) is 8.32. The van der Waals surface area contributed by atoms with Crippen molar-refractivity contribution in [3.8, 4) is 6.07 Å². The fourth-order valence-corrected chi connectivity index (χ4v) is 4.90. The van der Waals surface area contributed by atoms with Gasteiger partial charge in [-0.3, -0.25) is 23.3 Å². The van der Waals surface area contributed by atoms with Gasteiger partial charge in [-0.25, -0.2) is 4.79 Å². The molecule has 2 saturated heterocycles. The molecule has 0 saturated carbocycles. The maximum Gasteiger partial charge on any atom is 0.332 e. The van der Waals surface area contributed by atoms with Crippen LogP contribution in [0.1, 0.15) is 16.8 Å². The first-order valence-electron chi connectivity index (χ1n) is 10.6. The van der Waals surface area contributed by atoms with Crippen molar-refractivity contribution in [1.82, 2.24) is 24.0 Å². The van der Waals surface area contributed by atoms with Gasteiger partial charge in [0.2, 0.25) is 5.95 Å². The molecule has 2 aliphatic rings. The lowest BCUT2D eigenvalue weighted by atomic mass is 10.1. The molecule has 1 N–H and O–H groups in total. The van der Waals surface area contributed by atoms with Gasteiger partial charge >= 0.3 is 5.69 Å². The number of Topliss-reactive ketones (excluding diaryl/α,β-unsaturated/α-hetero) is 1. The molecule has 5 rings (SSSR count). The third-order valence-electron chi connectivity index (χ3n) is 6.54. The zero-order valence-electron chi connectivity index (χ0n) is 17.7. The Morgan fingerprint density at radius 1 is 1.22 bits per heavy atom. The number of rotatable bonds is 5. The van der Waals surface area contributed by atoms with Crippen LogP contribution in [0, 0.1) is 17.2 Å². The van der Waals surface area contributed by atoms with Crippen LogP contribution < -0.4 is 21.5 Å². The first-order chi connectivity index (χ1) is 15.5. The SMILES string of the molecule is Cn1c(=O)n(CC(=O)c2ccccc2)c(=O)c2c1nc(N1CCC3CNCC31)n2CC#N. The number of hydrogen-bond acceptors (Lipinski definition) is 7. The van der Waals surface area contributed by atoms with E-state index in [1.54, 1.807) is 34.9 Å². The van der Waals surface area contributed by atoms with Crippen molar-refractivity contribution in [3.05, 3.63) is 56.7 Å². The Labute approximate surface area is 183 Å². The molecule has 4 heterocycles. The highest BCUT2D eigenvalue weighted by Crippen LogP contribution is 2.32. The van der Waals surface area contributed by atoms with Crippen molar-refractivity contribution in [1.29, 1.82) is 5.26 Å². The third kappa shape index (κ3) is 3.05. The largest absolute Gasteiger partial charge is 0.338 e. The van der Waals surface area contributed by atoms with E-state index in [2.05, 4.69) is 21.3 Å². The van der Waals surface area contributed by atoms with Crippen molar-refractivity contribution in [2.24, 2.45) is 13.0 Å². The van der Waals surface area contributed by atoms with Crippen LogP contribution in [-0.2, 0) is 20.1 Å². The minimum Gasteiger partial charge on any atom is -0.338 e. The smallest absolute Gasteiger partial charge is 0.332 e. The van der Waals surface area contributed by atoms with Gasteiger partial charge in [0.05, 0.1) is 12.6 Å². The van der Waals surface area contributed by atoms with Gasteiger partial charge in [-0.2, -0.15) is 10.2 Å². The Morgan fingerprint density at radius 2 is 2.00 bits per heavy atom. The molecule has 164 valence electrons. The van der Waals surface area contributed by atoms with Crippen LogP contribution in [0.5, 0.6) is 0 Å². The number of nitriles is 1. The van der Waals surface area contributed by atoms with E-state index < -0.39 is 11.2 Å². The zero-order valence-corrected chi connectivity index (χ0v) is 17.7. The maximum absolute atomic E-state index is 13.4. The van der Waals surface area contributed by atoms with Gasteiger partial charge in [0.25, 0.3) is 5.56 Å². The van der Waals surface area contributed by atoms with E-state index in [0.29, 0.717) is 17.4 Å². The number of imidazole rings is 1. The van der Waals surface area contributed by atoms with Crippen LogP contribution >= 0.6 is 0 Å². The summed E-state index contributed by atoms with van der Waals surface area (Å²) >= 11 is 0. The summed E-state index contributed by atoms with van der Waals surface area (Å²) in [6, 6.07) is 10.9. The number of carbonyl (C=O) groups excluding carboxylic acids is 1. The predicted molar refractivity (Wildman–Crippen MR) is 118 cm³/mol. The lowest BCUT2D eigenvalue weighted by Crippen LogP contribution is -2.41. The molecule has 2 aliphatic heterocycles. The van der Waals surface area contributed by atoms with Crippen molar-refractivity contribution < 1.29 is 4.79 Å². The van der Waals surface area contributed by atoms with E-state index in [1.807, 2.05) is 0 Å². The van der Waals surface area contributed by atoms with Gasteiger partial charge < -0.3 is 10.2 Å². The fourth-order valence-electron chi connectivity index (χ4n) is 4.90. The Balaban J connectivity index is 1.66. The minimum atomic E-state index is -0.610. The Morgan fingerprint density at radius 3 is 2.75 bits per heavy atom. The fraction of sp³-hybridized carbons (Fsp3) is 0.409. The number of fused-ring (bicyclic) bond motifs is 2. The Hall–Kier alpha value is -3.71. The number of nitrogens with zero attached hydrogens (tertiary/aromatic N) is 6. The van der Waals surface area contributed by atoms with Crippen LogP contribution in [0.25, 0.3) is 11.2 Å². The highest BCUT2D eigenvalue weighted by atomic mass is 16.2. The molecule has 10 nitrogen and oxygen atoms in total. The number of ketones is 1. The van der Waals surface area contributed by atoms with E-state index in [4.69, 9.17) is 0 Å². The number of aromatic nitrogens is 4. The monoisotopic (exact) mass is 433 g/mol. The lowest BCUT2D eigenvalue weighted by molar-refractivity contribution is 0.0969. The standard InChI is InChI=1S/C22H23N7O3/c1-26-19-18(20(31)29(22(26)32)13-17(30)14-5-3-2-4-6-14)28(10-8-23)21(25-19)27-9-7-15-11-24-12-16(15)27/h2-6,15-16,24H,7,9-13H2,1H3. The lowest BCUT2D eigenvalue weighted by Gasteiger charge is -2.24. The molecule has 2 unspecified atom stereocenters. The topological polar surface area (TPSA) is 118 Å². The van der Waals surface area contributed by atoms with E-state index in [9.17, 15) is 19.6 Å². The van der Waals surface area contributed by atoms with E-state index in [-0.39, 0.29) is 36.1 Å². The summed E-state index contributed by atoms with van der Waals surface area (Å²) in [5.41, 5.74) is -0.407. The normalized spacial score (nSPS) is 19.9. The molecule has 0 radical (unpaired) electrons. The van der Waals surface area contributed by atoms with Crippen LogP contribution in [0.4, 0.5) is 5.95 Å². The van der Waals surface area contributed by atoms with Gasteiger partial charge in [0.15, 0.2) is 16.9 Å². The summed E-state index contributed by atoms with van der Waals surface area (Å²) in [6.45, 7) is 2.08. The molecular weight excluding hydrogens is 410 g/mol. The summed E-state index contributed by atoms with van der Waals surface area (Å²) in [5.74, 6) is 0.682. The van der Waals surface area contributed by atoms with Gasteiger partial charge in [0.1, 0.15) is 6.54 Å². The average Bonchev–Trinajstić information content (AvgIpc) is 3.51. The summed E-state index contributed by atoms with van der Waals surface area (Å²) in [4.78, 5) is 45.9. The molecule has 1 aromatic carbocycles. The van der Waals surface area contributed by atoms with Crippen molar-refractivity contribution in [3.63, 3.8) is 0 Å². The third-order valence-corrected chi connectivity index (χ3v) is 6.54. The Bertz CT molecular complexity index is 1360. The van der Waals surface area contributed by atoms with Crippen LogP contribution in [0.3, 0.4) is 0 Å². The predicted octanol–water partition coefficient (Wildman–Crippen LogP) is 0.101. The number of hydrogen-bond donors (Lipinski definition) is 1. The number of aryl methyl sites for hydroxylation is 1. The molecule has 2 atom stereocenters. The molecule has 0 bridgehead atoms. The second kappa shape index (κ2) is 7.76. The minimum absolute atomic E-state index is 0.0762. The van der Waals surface area contributed by atoms with E-state index in [0.717, 1.165) is 30.6 Å². The maximum atomic E-state index is 13.4. The average molecular weight is 433 g/mol. The molecule has 3 aromatic rings. The molecular formula is C22H23N7O3. The van der Waals surface area contributed by atoms with Gasteiger partial charge in [0, 0.05) is 38.3 Å². The zero-order chi connectivity index (χ0) is 22.4. The number of carbonyl (C=O) groups is 1. The highest BCUT2D eigenvalue weighted by Gasteiger charge is 2.40. The molecule has 2 aromatic heterocycles. The molecule has 2 fully saturated rings. The van der Waals surface area contributed by atoms with Crippen molar-refractivity contribution in [2.75, 3.05) is 24.5 Å². The summed E-state index contributed by atoms with van der Waals surface area (Å²) in [6.07, 6.45) is 1.00. The first-order valence-corrected chi connectivity index (χ1v) is 10.6. The molecule has 0 aliphatic carbocycles. The quantitative estimate of drug-likeness (QED) is 0.567. The molecule has 0 amide bonds. The van der Waals surface area contributed by atoms with Crippen molar-refractivity contribution in [2.45, 2.75) is 25.6 Å². The number of benzene rings is 1. The molecule has 10 heteroatoms. The van der Waals surface area contributed by atoms with Gasteiger partial charge in [-0.15, -0.1) is 0 Å². The summed E-state index contributed by atoms with van der Waals surface area (Å²) in [5, 5.41) is 12.9. The Kier molecular flexibility index (Phi) is 4.90. The number of nitrogens with one attached hydrogen (secondary N) is 1. The van der Waals surface area contributed by atoms with E-state index >= 15 is 0 Å². The molecule has 32 heavy (non-hydrogen) atoms. The van der Waals surface area contributed by atoms with Crippen molar-refractivity contribution >= 4 is 22.9 Å². The molecule has 0 spiro atoms. The summed E-state index contributed by atoms with van der Waals surface area (Å²) < 4.78 is 3.80. The highest BCUT2D eigenvalue weighted by molar-refractivity contribution is 5.95. The van der Waals surface area contributed by atoms with E-state index in [1.165, 1.54) is 11.6 Å². The van der Waals surface area contributed by atoms with Gasteiger partial charge in [-0.05, 0) is 12.3 Å². The second-order valence-corrected chi connectivity index (χ2v) is 8.32. The van der Waals surface area contributed by atoms with Crippen LogP contribution in [0.2, 0.25) is 0 Å². The van der Waals surface area contributed by atoms with Crippen LogP contribution in [-0.4, -0.2) is 50.1 Å². The first kappa shape index (κ1) is 20.2. The number of anilines is 1. The van der Waals surface area contributed by atoms with Gasteiger partial charge in [-0.1, -0.05) is 30.3 Å². The summed E-state index contributed by atoms with van der Waals surface area (Å²) in [7, 11) is 1.53. The van der Waals surface area contributed by atoms with Crippen LogP contribution in [0.15, 0.2) is 39.9 Å².